The second-order valence-electron chi connectivity index (χ2n) is 6.03. The van der Waals surface area contributed by atoms with Gasteiger partial charge in [0.25, 0.3) is 11.8 Å². The Morgan fingerprint density at radius 3 is 2.56 bits per heavy atom. The number of rotatable bonds is 3. The van der Waals surface area contributed by atoms with E-state index in [2.05, 4.69) is 37.0 Å². The Hall–Kier alpha value is -2.61. The summed E-state index contributed by atoms with van der Waals surface area (Å²) in [5, 5.41) is 7.65. The lowest BCUT2D eigenvalue weighted by Crippen LogP contribution is -2.41. The number of hydrazine groups is 1. The fourth-order valence-electron chi connectivity index (χ4n) is 2.64. The first-order valence-electron chi connectivity index (χ1n) is 7.78. The van der Waals surface area contributed by atoms with Crippen LogP contribution in [-0.2, 0) is 7.05 Å². The predicted octanol–water partition coefficient (Wildman–Crippen LogP) is 2.86. The van der Waals surface area contributed by atoms with Crippen molar-refractivity contribution in [1.82, 2.24) is 25.6 Å². The minimum Gasteiger partial charge on any atom is -0.350 e. The van der Waals surface area contributed by atoms with Gasteiger partial charge in [-0.15, -0.1) is 0 Å². The molecule has 0 atom stereocenters. The van der Waals surface area contributed by atoms with Gasteiger partial charge >= 0.3 is 0 Å². The molecule has 2 amide bonds. The Morgan fingerprint density at radius 1 is 1.20 bits per heavy atom. The summed E-state index contributed by atoms with van der Waals surface area (Å²) in [6.45, 7) is 3.98. The van der Waals surface area contributed by atoms with E-state index in [1.54, 1.807) is 6.20 Å². The van der Waals surface area contributed by atoms with E-state index in [-0.39, 0.29) is 17.5 Å². The molecule has 0 fully saturated rings. The second-order valence-corrected chi connectivity index (χ2v) is 6.83. The number of para-hydroxylation sites is 1. The summed E-state index contributed by atoms with van der Waals surface area (Å²) < 4.78 is 2.46. The van der Waals surface area contributed by atoms with Crippen LogP contribution in [0.2, 0.25) is 0 Å². The van der Waals surface area contributed by atoms with Crippen molar-refractivity contribution in [3.63, 3.8) is 0 Å². The number of amides is 2. The summed E-state index contributed by atoms with van der Waals surface area (Å²) in [5.74, 6) is -0.696. The van der Waals surface area contributed by atoms with E-state index >= 15 is 0 Å². The number of nitrogens with one attached hydrogen (secondary N) is 3. The number of benzene rings is 1. The van der Waals surface area contributed by atoms with Crippen LogP contribution in [-0.4, -0.2) is 26.6 Å². The van der Waals surface area contributed by atoms with Crippen LogP contribution < -0.4 is 10.9 Å². The summed E-state index contributed by atoms with van der Waals surface area (Å²) in [4.78, 5) is 24.7. The Bertz CT molecular complexity index is 957. The van der Waals surface area contributed by atoms with Crippen LogP contribution in [0.4, 0.5) is 0 Å². The highest BCUT2D eigenvalue weighted by Crippen LogP contribution is 2.25. The summed E-state index contributed by atoms with van der Waals surface area (Å²) in [6.07, 6.45) is 1.73. The van der Waals surface area contributed by atoms with Crippen molar-refractivity contribution < 1.29 is 9.59 Å². The molecule has 2 aromatic heterocycles. The molecule has 0 radical (unpaired) electrons. The number of aromatic nitrogens is 3. The van der Waals surface area contributed by atoms with Gasteiger partial charge in [-0.05, 0) is 27.9 Å². The first kappa shape index (κ1) is 17.2. The number of hydrogen-bond donors (Lipinski definition) is 3. The number of H-pyrrole nitrogens is 1. The number of carbonyl (C=O) groups is 2. The van der Waals surface area contributed by atoms with Crippen LogP contribution in [0, 0.1) is 0 Å². The number of carbonyl (C=O) groups excluding carboxylic acids is 2. The molecule has 3 rings (SSSR count). The quantitative estimate of drug-likeness (QED) is 0.587. The highest BCUT2D eigenvalue weighted by atomic mass is 79.9. The number of hydrogen-bond acceptors (Lipinski definition) is 3. The zero-order valence-electron chi connectivity index (χ0n) is 14.1. The third-order valence-electron chi connectivity index (χ3n) is 3.96. The van der Waals surface area contributed by atoms with E-state index in [0.29, 0.717) is 10.0 Å². The monoisotopic (exact) mass is 403 g/mol. The number of fused-ring (bicyclic) bond motifs is 1. The largest absolute Gasteiger partial charge is 0.350 e. The SMILES string of the molecule is CC(C)c1[nH]nc(C(=O)NNC(=O)c2cn(C)c3ccccc23)c1Br. The van der Waals surface area contributed by atoms with Crippen molar-refractivity contribution in [2.45, 2.75) is 19.8 Å². The summed E-state index contributed by atoms with van der Waals surface area (Å²) >= 11 is 3.37. The third kappa shape index (κ3) is 3.17. The fraction of sp³-hybridized carbons (Fsp3) is 0.235. The molecule has 8 heteroatoms. The molecular formula is C17H18BrN5O2. The first-order chi connectivity index (χ1) is 11.9. The van der Waals surface area contributed by atoms with Crippen LogP contribution in [0.3, 0.4) is 0 Å². The molecule has 0 saturated carbocycles. The van der Waals surface area contributed by atoms with Gasteiger partial charge in [0.05, 0.1) is 15.7 Å². The van der Waals surface area contributed by atoms with Crippen molar-refractivity contribution in [3.05, 3.63) is 51.9 Å². The Kier molecular flexibility index (Phi) is 4.63. The summed E-state index contributed by atoms with van der Waals surface area (Å²) in [6, 6.07) is 7.57. The van der Waals surface area contributed by atoms with Crippen LogP contribution in [0.15, 0.2) is 34.9 Å². The van der Waals surface area contributed by atoms with E-state index < -0.39 is 5.91 Å². The van der Waals surface area contributed by atoms with Crippen LogP contribution in [0.25, 0.3) is 10.9 Å². The lowest BCUT2D eigenvalue weighted by Gasteiger charge is -2.06. The molecule has 0 saturated heterocycles. The van der Waals surface area contributed by atoms with Crippen LogP contribution in [0.1, 0.15) is 46.3 Å². The molecule has 7 nitrogen and oxygen atoms in total. The molecule has 25 heavy (non-hydrogen) atoms. The fourth-order valence-corrected chi connectivity index (χ4v) is 3.45. The summed E-state index contributed by atoms with van der Waals surface area (Å²) in [7, 11) is 1.87. The number of aromatic amines is 1. The maximum absolute atomic E-state index is 12.4. The van der Waals surface area contributed by atoms with Crippen molar-refractivity contribution in [2.24, 2.45) is 7.05 Å². The number of halogens is 1. The molecule has 0 spiro atoms. The molecule has 130 valence electrons. The highest BCUT2D eigenvalue weighted by molar-refractivity contribution is 9.10. The highest BCUT2D eigenvalue weighted by Gasteiger charge is 2.20. The van der Waals surface area contributed by atoms with E-state index in [0.717, 1.165) is 16.6 Å². The molecule has 3 aromatic rings. The molecule has 0 unspecified atom stereocenters. The van der Waals surface area contributed by atoms with Gasteiger partial charge in [-0.2, -0.15) is 5.10 Å². The van der Waals surface area contributed by atoms with Gasteiger partial charge in [-0.3, -0.25) is 25.5 Å². The molecular weight excluding hydrogens is 386 g/mol. The summed E-state index contributed by atoms with van der Waals surface area (Å²) in [5.41, 5.74) is 7.30. The minimum atomic E-state index is -0.497. The average Bonchev–Trinajstić information content (AvgIpc) is 3.13. The van der Waals surface area contributed by atoms with Crippen LogP contribution >= 0.6 is 15.9 Å². The topological polar surface area (TPSA) is 91.8 Å². The standard InChI is InChI=1S/C17H18BrN5O2/c1-9(2)14-13(18)15(20-19-14)17(25)22-21-16(24)11-8-23(3)12-7-5-4-6-10(11)12/h4-9H,1-3H3,(H,19,20)(H,21,24)(H,22,25). The Balaban J connectivity index is 1.75. The normalized spacial score (nSPS) is 11.1. The average molecular weight is 404 g/mol. The van der Waals surface area contributed by atoms with Crippen molar-refractivity contribution >= 4 is 38.6 Å². The molecule has 1 aromatic carbocycles. The maximum atomic E-state index is 12.4. The molecule has 3 N–H and O–H groups in total. The van der Waals surface area contributed by atoms with Gasteiger partial charge in [0.15, 0.2) is 5.69 Å². The zero-order valence-corrected chi connectivity index (χ0v) is 15.6. The van der Waals surface area contributed by atoms with Crippen molar-refractivity contribution in [3.8, 4) is 0 Å². The number of aryl methyl sites for hydroxylation is 1. The van der Waals surface area contributed by atoms with E-state index in [1.807, 2.05) is 49.7 Å². The van der Waals surface area contributed by atoms with E-state index in [4.69, 9.17) is 0 Å². The van der Waals surface area contributed by atoms with Gasteiger partial charge < -0.3 is 4.57 Å². The zero-order chi connectivity index (χ0) is 18.1. The van der Waals surface area contributed by atoms with Gasteiger partial charge in [-0.25, -0.2) is 0 Å². The number of nitrogens with zero attached hydrogens (tertiary/aromatic N) is 2. The van der Waals surface area contributed by atoms with Crippen LogP contribution in [0.5, 0.6) is 0 Å². The van der Waals surface area contributed by atoms with Gasteiger partial charge in [0.1, 0.15) is 0 Å². The Morgan fingerprint density at radius 2 is 1.88 bits per heavy atom. The Labute approximate surface area is 152 Å². The first-order valence-corrected chi connectivity index (χ1v) is 8.58. The second kappa shape index (κ2) is 6.72. The molecule has 0 aliphatic heterocycles. The lowest BCUT2D eigenvalue weighted by atomic mass is 10.1. The van der Waals surface area contributed by atoms with Gasteiger partial charge in [0.2, 0.25) is 0 Å². The third-order valence-corrected chi connectivity index (χ3v) is 4.76. The molecule has 2 heterocycles. The predicted molar refractivity (Wildman–Crippen MR) is 98.2 cm³/mol. The van der Waals surface area contributed by atoms with Gasteiger partial charge in [-0.1, -0.05) is 32.0 Å². The van der Waals surface area contributed by atoms with E-state index in [9.17, 15) is 9.59 Å². The van der Waals surface area contributed by atoms with Crippen molar-refractivity contribution in [1.29, 1.82) is 0 Å². The molecule has 0 aliphatic rings. The molecule has 0 bridgehead atoms. The minimum absolute atomic E-state index is 0.189. The van der Waals surface area contributed by atoms with Crippen molar-refractivity contribution in [2.75, 3.05) is 0 Å². The lowest BCUT2D eigenvalue weighted by molar-refractivity contribution is 0.0844. The maximum Gasteiger partial charge on any atom is 0.291 e. The van der Waals surface area contributed by atoms with Gasteiger partial charge in [0, 0.05) is 24.1 Å². The molecule has 0 aliphatic carbocycles. The van der Waals surface area contributed by atoms with E-state index in [1.165, 1.54) is 0 Å². The smallest absolute Gasteiger partial charge is 0.291 e.